The predicted molar refractivity (Wildman–Crippen MR) is 80.1 cm³/mol. The second kappa shape index (κ2) is 7.09. The first kappa shape index (κ1) is 14.6. The third-order valence-electron chi connectivity index (χ3n) is 4.69. The number of nitrogens with zero attached hydrogens (tertiary/aromatic N) is 2. The van der Waals surface area contributed by atoms with Gasteiger partial charge in [-0.15, -0.1) is 0 Å². The summed E-state index contributed by atoms with van der Waals surface area (Å²) in [6.07, 6.45) is 10.1. The highest BCUT2D eigenvalue weighted by Gasteiger charge is 2.21. The summed E-state index contributed by atoms with van der Waals surface area (Å²) in [6.45, 7) is 7.70. The molecule has 3 nitrogen and oxygen atoms in total. The topological polar surface area (TPSA) is 29.9 Å². The van der Waals surface area contributed by atoms with Crippen molar-refractivity contribution in [2.24, 2.45) is 5.92 Å². The Kier molecular flexibility index (Phi) is 5.44. The van der Waals surface area contributed by atoms with E-state index in [0.717, 1.165) is 25.3 Å². The van der Waals surface area contributed by atoms with Crippen LogP contribution in [0.5, 0.6) is 0 Å². The van der Waals surface area contributed by atoms with E-state index >= 15 is 0 Å². The van der Waals surface area contributed by atoms with Crippen molar-refractivity contribution in [3.05, 3.63) is 18.0 Å². The Morgan fingerprint density at radius 1 is 1.32 bits per heavy atom. The van der Waals surface area contributed by atoms with Crippen LogP contribution < -0.4 is 5.32 Å². The van der Waals surface area contributed by atoms with Crippen molar-refractivity contribution in [3.8, 4) is 0 Å². The Labute approximate surface area is 117 Å². The molecule has 0 unspecified atom stereocenters. The Morgan fingerprint density at radius 2 is 2.00 bits per heavy atom. The molecule has 0 aromatic carbocycles. The van der Waals surface area contributed by atoms with Gasteiger partial charge in [0.1, 0.15) is 0 Å². The summed E-state index contributed by atoms with van der Waals surface area (Å²) < 4.78 is 2.14. The quantitative estimate of drug-likeness (QED) is 0.808. The molecule has 1 atom stereocenters. The minimum atomic E-state index is 0.556. The van der Waals surface area contributed by atoms with Crippen molar-refractivity contribution in [3.63, 3.8) is 0 Å². The van der Waals surface area contributed by atoms with E-state index in [-0.39, 0.29) is 0 Å². The summed E-state index contributed by atoms with van der Waals surface area (Å²) in [5.74, 6) is 0.876. The van der Waals surface area contributed by atoms with Gasteiger partial charge >= 0.3 is 0 Å². The third kappa shape index (κ3) is 3.82. The van der Waals surface area contributed by atoms with Crippen LogP contribution in [0, 0.1) is 5.92 Å². The van der Waals surface area contributed by atoms with Gasteiger partial charge in [0.25, 0.3) is 0 Å². The highest BCUT2D eigenvalue weighted by Crippen LogP contribution is 2.27. The second-order valence-corrected chi connectivity index (χ2v) is 5.97. The van der Waals surface area contributed by atoms with E-state index in [1.807, 2.05) is 0 Å². The van der Waals surface area contributed by atoms with Crippen LogP contribution in [0.3, 0.4) is 0 Å². The molecular formula is C16H29N3. The molecule has 1 aromatic rings. The van der Waals surface area contributed by atoms with Crippen LogP contribution in [0.15, 0.2) is 12.3 Å². The molecule has 1 saturated carbocycles. The molecule has 2 rings (SSSR count). The SMILES string of the molecule is CCC(CC)n1ccc(CN[C@@H](C)C2CCCC2)n1. The highest BCUT2D eigenvalue weighted by atomic mass is 15.3. The average Bonchev–Trinajstić information content (AvgIpc) is 3.09. The molecule has 0 radical (unpaired) electrons. The first-order valence-corrected chi connectivity index (χ1v) is 8.02. The molecule has 1 aliphatic rings. The van der Waals surface area contributed by atoms with Crippen molar-refractivity contribution in [1.82, 2.24) is 15.1 Å². The maximum absolute atomic E-state index is 4.70. The van der Waals surface area contributed by atoms with Crippen molar-refractivity contribution in [2.75, 3.05) is 0 Å². The van der Waals surface area contributed by atoms with E-state index in [1.54, 1.807) is 0 Å². The lowest BCUT2D eigenvalue weighted by Crippen LogP contribution is -2.31. The Hall–Kier alpha value is -0.830. The molecule has 1 aromatic heterocycles. The van der Waals surface area contributed by atoms with Gasteiger partial charge in [0.05, 0.1) is 11.7 Å². The Morgan fingerprint density at radius 3 is 2.63 bits per heavy atom. The van der Waals surface area contributed by atoms with Crippen LogP contribution in [0.2, 0.25) is 0 Å². The van der Waals surface area contributed by atoms with Gasteiger partial charge < -0.3 is 5.32 Å². The largest absolute Gasteiger partial charge is 0.308 e. The summed E-state index contributed by atoms with van der Waals surface area (Å²) in [4.78, 5) is 0. The molecule has 0 aliphatic heterocycles. The first-order chi connectivity index (χ1) is 9.24. The number of nitrogens with one attached hydrogen (secondary N) is 1. The smallest absolute Gasteiger partial charge is 0.0762 e. The van der Waals surface area contributed by atoms with Crippen LogP contribution in [0.25, 0.3) is 0 Å². The van der Waals surface area contributed by atoms with E-state index in [2.05, 4.69) is 43.0 Å². The van der Waals surface area contributed by atoms with Crippen molar-refractivity contribution >= 4 is 0 Å². The second-order valence-electron chi connectivity index (χ2n) is 5.97. The molecular weight excluding hydrogens is 234 g/mol. The van der Waals surface area contributed by atoms with Crippen LogP contribution in [-0.4, -0.2) is 15.8 Å². The van der Waals surface area contributed by atoms with Crippen LogP contribution >= 0.6 is 0 Å². The zero-order chi connectivity index (χ0) is 13.7. The molecule has 3 heteroatoms. The third-order valence-corrected chi connectivity index (χ3v) is 4.69. The van der Waals surface area contributed by atoms with Gasteiger partial charge in [-0.2, -0.15) is 5.10 Å². The lowest BCUT2D eigenvalue weighted by atomic mass is 10.00. The van der Waals surface area contributed by atoms with Crippen LogP contribution in [-0.2, 0) is 6.54 Å². The summed E-state index contributed by atoms with van der Waals surface area (Å²) in [5, 5.41) is 8.36. The van der Waals surface area contributed by atoms with E-state index in [1.165, 1.54) is 31.4 Å². The lowest BCUT2D eigenvalue weighted by molar-refractivity contribution is 0.375. The maximum atomic E-state index is 4.70. The maximum Gasteiger partial charge on any atom is 0.0762 e. The minimum Gasteiger partial charge on any atom is -0.308 e. The van der Waals surface area contributed by atoms with Crippen LogP contribution in [0.1, 0.15) is 71.0 Å². The van der Waals surface area contributed by atoms with Gasteiger partial charge in [-0.3, -0.25) is 4.68 Å². The number of rotatable bonds is 7. The molecule has 0 saturated heterocycles. The summed E-state index contributed by atoms with van der Waals surface area (Å²) in [7, 11) is 0. The van der Waals surface area contributed by atoms with Gasteiger partial charge in [0.15, 0.2) is 0 Å². The van der Waals surface area contributed by atoms with E-state index in [9.17, 15) is 0 Å². The Balaban J connectivity index is 1.82. The molecule has 1 N–H and O–H groups in total. The van der Waals surface area contributed by atoms with Crippen molar-refractivity contribution in [1.29, 1.82) is 0 Å². The first-order valence-electron chi connectivity index (χ1n) is 8.02. The number of hydrogen-bond acceptors (Lipinski definition) is 2. The highest BCUT2D eigenvalue weighted by molar-refractivity contribution is 5.00. The van der Waals surface area contributed by atoms with E-state index in [4.69, 9.17) is 5.10 Å². The van der Waals surface area contributed by atoms with Gasteiger partial charge in [-0.25, -0.2) is 0 Å². The summed E-state index contributed by atoms with van der Waals surface area (Å²) in [6, 6.07) is 3.34. The van der Waals surface area contributed by atoms with Gasteiger partial charge in [-0.05, 0) is 44.6 Å². The van der Waals surface area contributed by atoms with Crippen molar-refractivity contribution in [2.45, 2.75) is 77.9 Å². The predicted octanol–water partition coefficient (Wildman–Crippen LogP) is 3.91. The molecule has 0 spiro atoms. The van der Waals surface area contributed by atoms with Gasteiger partial charge in [0.2, 0.25) is 0 Å². The average molecular weight is 263 g/mol. The lowest BCUT2D eigenvalue weighted by Gasteiger charge is -2.19. The molecule has 0 bridgehead atoms. The standard InChI is InChI=1S/C16H29N3/c1-4-16(5-2)19-11-10-15(18-19)12-17-13(3)14-8-6-7-9-14/h10-11,13-14,16-17H,4-9,12H2,1-3H3/t13-/m0/s1. The monoisotopic (exact) mass is 263 g/mol. The zero-order valence-corrected chi connectivity index (χ0v) is 12.7. The summed E-state index contributed by atoms with van der Waals surface area (Å²) in [5.41, 5.74) is 1.18. The van der Waals surface area contributed by atoms with Crippen molar-refractivity contribution < 1.29 is 0 Å². The number of aromatic nitrogens is 2. The fraction of sp³-hybridized carbons (Fsp3) is 0.812. The number of hydrogen-bond donors (Lipinski definition) is 1. The minimum absolute atomic E-state index is 0.556. The molecule has 1 heterocycles. The van der Waals surface area contributed by atoms with E-state index in [0.29, 0.717) is 12.1 Å². The normalized spacial score (nSPS) is 18.3. The summed E-state index contributed by atoms with van der Waals surface area (Å²) >= 11 is 0. The Bertz CT molecular complexity index is 362. The fourth-order valence-electron chi connectivity index (χ4n) is 3.23. The fourth-order valence-corrected chi connectivity index (χ4v) is 3.23. The molecule has 108 valence electrons. The van der Waals surface area contributed by atoms with Gasteiger partial charge in [-0.1, -0.05) is 26.7 Å². The molecule has 0 amide bonds. The molecule has 1 fully saturated rings. The van der Waals surface area contributed by atoms with E-state index < -0.39 is 0 Å². The molecule has 1 aliphatic carbocycles. The van der Waals surface area contributed by atoms with Crippen LogP contribution in [0.4, 0.5) is 0 Å². The molecule has 19 heavy (non-hydrogen) atoms. The zero-order valence-electron chi connectivity index (χ0n) is 12.7. The van der Waals surface area contributed by atoms with Gasteiger partial charge in [0, 0.05) is 18.8 Å².